The predicted molar refractivity (Wildman–Crippen MR) is 63.4 cm³/mol. The van der Waals surface area contributed by atoms with E-state index in [1.807, 2.05) is 0 Å². The highest BCUT2D eigenvalue weighted by Crippen LogP contribution is 2.29. The summed E-state index contributed by atoms with van der Waals surface area (Å²) in [4.78, 5) is 14.6. The van der Waals surface area contributed by atoms with Crippen LogP contribution in [0.4, 0.5) is 13.2 Å². The van der Waals surface area contributed by atoms with Gasteiger partial charge >= 0.3 is 6.18 Å². The van der Waals surface area contributed by atoms with Gasteiger partial charge in [-0.25, -0.2) is 0 Å². The number of hydrogen-bond donors (Lipinski definition) is 2. The van der Waals surface area contributed by atoms with E-state index in [-0.39, 0.29) is 5.56 Å². The van der Waals surface area contributed by atoms with E-state index in [1.54, 1.807) is 18.3 Å². The number of H-pyrrole nitrogens is 1. The molecule has 0 unspecified atom stereocenters. The van der Waals surface area contributed by atoms with Crippen molar-refractivity contribution in [2.24, 2.45) is 0 Å². The summed E-state index contributed by atoms with van der Waals surface area (Å²) in [6.45, 7) is 0.298. The molecule has 1 aromatic heterocycles. The van der Waals surface area contributed by atoms with Gasteiger partial charge in [0.25, 0.3) is 5.91 Å². The van der Waals surface area contributed by atoms with Crippen molar-refractivity contribution in [1.29, 1.82) is 0 Å². The number of carbonyl (C=O) groups excluding carboxylic acids is 1. The van der Waals surface area contributed by atoms with Gasteiger partial charge in [-0.1, -0.05) is 0 Å². The second kappa shape index (κ2) is 5.17. The fraction of sp³-hybridized carbons (Fsp3) is 0.154. The lowest BCUT2D eigenvalue weighted by atomic mass is 10.1. The molecule has 2 N–H and O–H groups in total. The van der Waals surface area contributed by atoms with Crippen molar-refractivity contribution in [2.75, 3.05) is 0 Å². The number of rotatable bonds is 3. The zero-order valence-electron chi connectivity index (χ0n) is 9.79. The van der Waals surface area contributed by atoms with Gasteiger partial charge in [0.05, 0.1) is 12.1 Å². The van der Waals surface area contributed by atoms with Gasteiger partial charge in [-0.15, -0.1) is 0 Å². The van der Waals surface area contributed by atoms with E-state index < -0.39 is 17.6 Å². The van der Waals surface area contributed by atoms with Crippen LogP contribution in [0.2, 0.25) is 0 Å². The Labute approximate surface area is 107 Å². The number of alkyl halides is 3. The maximum atomic E-state index is 12.3. The summed E-state index contributed by atoms with van der Waals surface area (Å²) < 4.78 is 37.0. The molecule has 0 fully saturated rings. The van der Waals surface area contributed by atoms with Crippen molar-refractivity contribution < 1.29 is 18.0 Å². The first-order valence-electron chi connectivity index (χ1n) is 5.54. The Morgan fingerprint density at radius 3 is 2.37 bits per heavy atom. The molecule has 19 heavy (non-hydrogen) atoms. The highest BCUT2D eigenvalue weighted by Gasteiger charge is 2.30. The van der Waals surface area contributed by atoms with Crippen LogP contribution in [0.1, 0.15) is 21.6 Å². The maximum Gasteiger partial charge on any atom is 0.416 e. The molecule has 0 atom stereocenters. The van der Waals surface area contributed by atoms with E-state index in [1.165, 1.54) is 0 Å². The van der Waals surface area contributed by atoms with Gasteiger partial charge in [0, 0.05) is 17.5 Å². The van der Waals surface area contributed by atoms with Crippen LogP contribution in [0.25, 0.3) is 0 Å². The minimum absolute atomic E-state index is 0.194. The minimum Gasteiger partial charge on any atom is -0.364 e. The lowest BCUT2D eigenvalue weighted by Crippen LogP contribution is -2.23. The molecule has 3 nitrogen and oxygen atoms in total. The monoisotopic (exact) mass is 268 g/mol. The second-order valence-corrected chi connectivity index (χ2v) is 3.95. The van der Waals surface area contributed by atoms with E-state index in [2.05, 4.69) is 10.3 Å². The number of carbonyl (C=O) groups is 1. The standard InChI is InChI=1S/C13H11F3N2O/c14-13(15,16)10-5-3-9(4-6-10)12(19)18-8-11-2-1-7-17-11/h1-7,17H,8H2,(H,18,19). The number of aromatic nitrogens is 1. The Morgan fingerprint density at radius 1 is 1.16 bits per heavy atom. The molecule has 1 heterocycles. The average molecular weight is 268 g/mol. The minimum atomic E-state index is -4.39. The summed E-state index contributed by atoms with van der Waals surface area (Å²) in [7, 11) is 0. The van der Waals surface area contributed by atoms with Crippen LogP contribution in [-0.4, -0.2) is 10.9 Å². The molecule has 2 rings (SSSR count). The molecule has 1 aromatic carbocycles. The topological polar surface area (TPSA) is 44.9 Å². The number of benzene rings is 1. The third kappa shape index (κ3) is 3.37. The zero-order chi connectivity index (χ0) is 13.9. The van der Waals surface area contributed by atoms with Crippen molar-refractivity contribution in [1.82, 2.24) is 10.3 Å². The van der Waals surface area contributed by atoms with Gasteiger partial charge in [-0.2, -0.15) is 13.2 Å². The summed E-state index contributed by atoms with van der Waals surface area (Å²) in [6.07, 6.45) is -2.67. The summed E-state index contributed by atoms with van der Waals surface area (Å²) >= 11 is 0. The fourth-order valence-corrected chi connectivity index (χ4v) is 1.57. The SMILES string of the molecule is O=C(NCc1ccc[nH]1)c1ccc(C(F)(F)F)cc1. The third-order valence-corrected chi connectivity index (χ3v) is 2.58. The van der Waals surface area contributed by atoms with Gasteiger partial charge in [0.1, 0.15) is 0 Å². The molecule has 0 radical (unpaired) electrons. The molecule has 0 aliphatic carbocycles. The number of hydrogen-bond acceptors (Lipinski definition) is 1. The number of aromatic amines is 1. The van der Waals surface area contributed by atoms with Crippen LogP contribution >= 0.6 is 0 Å². The zero-order valence-corrected chi connectivity index (χ0v) is 9.79. The Bertz CT molecular complexity index is 544. The van der Waals surface area contributed by atoms with Crippen molar-refractivity contribution in [2.45, 2.75) is 12.7 Å². The lowest BCUT2D eigenvalue weighted by molar-refractivity contribution is -0.137. The van der Waals surface area contributed by atoms with Crippen LogP contribution in [0.3, 0.4) is 0 Å². The van der Waals surface area contributed by atoms with Crippen molar-refractivity contribution in [3.8, 4) is 0 Å². The largest absolute Gasteiger partial charge is 0.416 e. The van der Waals surface area contributed by atoms with Crippen LogP contribution in [0, 0.1) is 0 Å². The number of nitrogens with one attached hydrogen (secondary N) is 2. The Morgan fingerprint density at radius 2 is 1.84 bits per heavy atom. The predicted octanol–water partition coefficient (Wildman–Crippen LogP) is 2.96. The second-order valence-electron chi connectivity index (χ2n) is 3.95. The van der Waals surface area contributed by atoms with Crippen LogP contribution in [-0.2, 0) is 12.7 Å². The van der Waals surface area contributed by atoms with E-state index in [0.29, 0.717) is 6.54 Å². The Hall–Kier alpha value is -2.24. The van der Waals surface area contributed by atoms with Crippen molar-refractivity contribution >= 4 is 5.91 Å². The quantitative estimate of drug-likeness (QED) is 0.883. The van der Waals surface area contributed by atoms with Gasteiger partial charge in [0.2, 0.25) is 0 Å². The lowest BCUT2D eigenvalue weighted by Gasteiger charge is -2.08. The highest BCUT2D eigenvalue weighted by atomic mass is 19.4. The van der Waals surface area contributed by atoms with E-state index in [9.17, 15) is 18.0 Å². The molecular formula is C13H11F3N2O. The molecule has 0 bridgehead atoms. The summed E-state index contributed by atoms with van der Waals surface area (Å²) in [5.74, 6) is -0.414. The molecule has 0 saturated heterocycles. The first-order valence-corrected chi connectivity index (χ1v) is 5.54. The average Bonchev–Trinajstić information content (AvgIpc) is 2.88. The Balaban J connectivity index is 2.00. The normalized spacial score (nSPS) is 11.3. The maximum absolute atomic E-state index is 12.3. The fourth-order valence-electron chi connectivity index (χ4n) is 1.57. The van der Waals surface area contributed by atoms with Crippen molar-refractivity contribution in [3.63, 3.8) is 0 Å². The molecule has 6 heteroatoms. The number of amides is 1. The van der Waals surface area contributed by atoms with E-state index in [0.717, 1.165) is 30.0 Å². The first-order chi connectivity index (χ1) is 8.97. The summed E-state index contributed by atoms with van der Waals surface area (Å²) in [6, 6.07) is 7.69. The van der Waals surface area contributed by atoms with Crippen LogP contribution in [0.15, 0.2) is 42.6 Å². The molecule has 100 valence electrons. The summed E-state index contributed by atoms with van der Waals surface area (Å²) in [5.41, 5.74) is 0.244. The number of halogens is 3. The van der Waals surface area contributed by atoms with Gasteiger partial charge in [-0.05, 0) is 36.4 Å². The van der Waals surface area contributed by atoms with E-state index in [4.69, 9.17) is 0 Å². The van der Waals surface area contributed by atoms with Crippen LogP contribution in [0.5, 0.6) is 0 Å². The molecule has 2 aromatic rings. The van der Waals surface area contributed by atoms with Gasteiger partial charge in [-0.3, -0.25) is 4.79 Å². The Kier molecular flexibility index (Phi) is 3.59. The highest BCUT2D eigenvalue weighted by molar-refractivity contribution is 5.94. The first kappa shape index (κ1) is 13.2. The van der Waals surface area contributed by atoms with E-state index >= 15 is 0 Å². The molecular weight excluding hydrogens is 257 g/mol. The smallest absolute Gasteiger partial charge is 0.364 e. The molecule has 0 aliphatic rings. The molecule has 1 amide bonds. The summed E-state index contributed by atoms with van der Waals surface area (Å²) in [5, 5.41) is 2.61. The van der Waals surface area contributed by atoms with Crippen LogP contribution < -0.4 is 5.32 Å². The van der Waals surface area contributed by atoms with Gasteiger partial charge in [0.15, 0.2) is 0 Å². The molecule has 0 aliphatic heterocycles. The third-order valence-electron chi connectivity index (χ3n) is 2.58. The molecule has 0 spiro atoms. The molecule has 0 saturated carbocycles. The van der Waals surface area contributed by atoms with Gasteiger partial charge < -0.3 is 10.3 Å². The van der Waals surface area contributed by atoms with Crippen molar-refractivity contribution in [3.05, 3.63) is 59.4 Å².